The fraction of sp³-hybridized carbons (Fsp3) is 0.462. The van der Waals surface area contributed by atoms with Crippen LogP contribution in [0.4, 0.5) is 4.39 Å². The summed E-state index contributed by atoms with van der Waals surface area (Å²) in [6.07, 6.45) is 3.58. The summed E-state index contributed by atoms with van der Waals surface area (Å²) in [7, 11) is 1.99. The van der Waals surface area contributed by atoms with Crippen LogP contribution in [-0.4, -0.2) is 23.9 Å². The van der Waals surface area contributed by atoms with Gasteiger partial charge >= 0.3 is 0 Å². The Morgan fingerprint density at radius 1 is 1.56 bits per heavy atom. The Kier molecular flexibility index (Phi) is 3.93. The van der Waals surface area contributed by atoms with Crippen molar-refractivity contribution < 1.29 is 9.18 Å². The fourth-order valence-electron chi connectivity index (χ4n) is 2.15. The monoisotopic (exact) mass is 251 g/mol. The normalized spacial score (nSPS) is 15.6. The average Bonchev–Trinajstić information content (AvgIpc) is 2.28. The van der Waals surface area contributed by atoms with E-state index in [2.05, 4.69) is 10.3 Å². The maximum absolute atomic E-state index is 13.7. The quantitative estimate of drug-likeness (QED) is 0.483. The summed E-state index contributed by atoms with van der Waals surface area (Å²) in [6, 6.07) is 4.85. The number of nitrogen functional groups attached to an aromatic ring is 1. The van der Waals surface area contributed by atoms with Crippen molar-refractivity contribution in [3.63, 3.8) is 0 Å². The fourth-order valence-corrected chi connectivity index (χ4v) is 2.15. The Hall–Kier alpha value is -1.46. The molecular weight excluding hydrogens is 233 g/mol. The Labute approximate surface area is 106 Å². The van der Waals surface area contributed by atoms with Crippen LogP contribution in [0.15, 0.2) is 18.2 Å². The number of halogens is 1. The van der Waals surface area contributed by atoms with Gasteiger partial charge in [-0.3, -0.25) is 15.1 Å². The van der Waals surface area contributed by atoms with Crippen LogP contribution in [0, 0.1) is 5.82 Å². The van der Waals surface area contributed by atoms with Gasteiger partial charge in [0.15, 0.2) is 0 Å². The van der Waals surface area contributed by atoms with Crippen molar-refractivity contribution in [1.29, 1.82) is 0 Å². The molecule has 0 heterocycles. The molecule has 0 saturated heterocycles. The molecule has 1 fully saturated rings. The van der Waals surface area contributed by atoms with Gasteiger partial charge < -0.3 is 0 Å². The predicted molar refractivity (Wildman–Crippen MR) is 67.2 cm³/mol. The van der Waals surface area contributed by atoms with Gasteiger partial charge in [-0.05, 0) is 38.1 Å². The second-order valence-electron chi connectivity index (χ2n) is 4.78. The smallest absolute Gasteiger partial charge is 0.265 e. The van der Waals surface area contributed by atoms with E-state index in [1.165, 1.54) is 31.4 Å². The van der Waals surface area contributed by atoms with Gasteiger partial charge in [0.25, 0.3) is 5.91 Å². The van der Waals surface area contributed by atoms with E-state index in [-0.39, 0.29) is 5.82 Å². The molecule has 1 saturated carbocycles. The number of benzene rings is 1. The summed E-state index contributed by atoms with van der Waals surface area (Å²) < 4.78 is 13.7. The van der Waals surface area contributed by atoms with Gasteiger partial charge in [-0.2, -0.15) is 0 Å². The van der Waals surface area contributed by atoms with E-state index < -0.39 is 5.91 Å². The van der Waals surface area contributed by atoms with Gasteiger partial charge in [0.2, 0.25) is 0 Å². The zero-order chi connectivity index (χ0) is 13.1. The van der Waals surface area contributed by atoms with Crippen molar-refractivity contribution >= 4 is 5.91 Å². The molecule has 0 atom stereocenters. The SMILES string of the molecule is CN(Cc1cc(C(=O)NN)ccc1F)C1CCC1. The minimum Gasteiger partial charge on any atom is -0.299 e. The van der Waals surface area contributed by atoms with Crippen LogP contribution in [-0.2, 0) is 6.54 Å². The molecule has 1 aromatic carbocycles. The van der Waals surface area contributed by atoms with Crippen molar-refractivity contribution in [3.05, 3.63) is 35.1 Å². The van der Waals surface area contributed by atoms with Gasteiger partial charge in [0, 0.05) is 23.7 Å². The summed E-state index contributed by atoms with van der Waals surface area (Å²) >= 11 is 0. The van der Waals surface area contributed by atoms with Crippen LogP contribution in [0.2, 0.25) is 0 Å². The number of amides is 1. The number of rotatable bonds is 4. The molecule has 3 N–H and O–H groups in total. The lowest BCUT2D eigenvalue weighted by Gasteiger charge is -2.34. The predicted octanol–water partition coefficient (Wildman–Crippen LogP) is 1.41. The van der Waals surface area contributed by atoms with Gasteiger partial charge in [0.1, 0.15) is 5.82 Å². The van der Waals surface area contributed by atoms with E-state index in [1.807, 2.05) is 7.05 Å². The summed E-state index contributed by atoms with van der Waals surface area (Å²) in [6.45, 7) is 0.516. The van der Waals surface area contributed by atoms with E-state index in [1.54, 1.807) is 6.07 Å². The summed E-state index contributed by atoms with van der Waals surface area (Å²) in [5, 5.41) is 0. The molecule has 1 aliphatic rings. The van der Waals surface area contributed by atoms with E-state index in [0.717, 1.165) is 0 Å². The highest BCUT2D eigenvalue weighted by Crippen LogP contribution is 2.25. The molecule has 0 spiro atoms. The molecule has 98 valence electrons. The average molecular weight is 251 g/mol. The highest BCUT2D eigenvalue weighted by atomic mass is 19.1. The Bertz CT molecular complexity index is 446. The first-order valence-corrected chi connectivity index (χ1v) is 6.11. The van der Waals surface area contributed by atoms with Gasteiger partial charge in [-0.25, -0.2) is 10.2 Å². The van der Waals surface area contributed by atoms with Crippen LogP contribution >= 0.6 is 0 Å². The van der Waals surface area contributed by atoms with Crippen molar-refractivity contribution in [2.75, 3.05) is 7.05 Å². The molecule has 0 unspecified atom stereocenters. The van der Waals surface area contributed by atoms with E-state index >= 15 is 0 Å². The number of hydrazine groups is 1. The molecule has 0 radical (unpaired) electrons. The van der Waals surface area contributed by atoms with Crippen molar-refractivity contribution in [2.45, 2.75) is 31.8 Å². The number of nitrogens with one attached hydrogen (secondary N) is 1. The molecule has 0 bridgehead atoms. The number of carbonyl (C=O) groups is 1. The lowest BCUT2D eigenvalue weighted by molar-refractivity contribution is 0.0953. The Morgan fingerprint density at radius 2 is 2.28 bits per heavy atom. The van der Waals surface area contributed by atoms with Crippen molar-refractivity contribution in [1.82, 2.24) is 10.3 Å². The van der Waals surface area contributed by atoms with Gasteiger partial charge in [-0.15, -0.1) is 0 Å². The lowest BCUT2D eigenvalue weighted by atomic mass is 9.91. The second-order valence-corrected chi connectivity index (χ2v) is 4.78. The van der Waals surface area contributed by atoms with Crippen LogP contribution in [0.3, 0.4) is 0 Å². The van der Waals surface area contributed by atoms with Gasteiger partial charge in [-0.1, -0.05) is 6.42 Å². The zero-order valence-electron chi connectivity index (χ0n) is 10.4. The molecule has 1 aromatic rings. The minimum atomic E-state index is -0.400. The minimum absolute atomic E-state index is 0.283. The first-order valence-electron chi connectivity index (χ1n) is 6.11. The molecule has 1 aliphatic carbocycles. The van der Waals surface area contributed by atoms with Crippen LogP contribution in [0.25, 0.3) is 0 Å². The molecule has 2 rings (SSSR count). The van der Waals surface area contributed by atoms with E-state index in [9.17, 15) is 9.18 Å². The highest BCUT2D eigenvalue weighted by molar-refractivity contribution is 5.93. The van der Waals surface area contributed by atoms with Crippen molar-refractivity contribution in [2.24, 2.45) is 5.84 Å². The molecule has 1 amide bonds. The van der Waals surface area contributed by atoms with E-state index in [4.69, 9.17) is 5.84 Å². The van der Waals surface area contributed by atoms with Gasteiger partial charge in [0.05, 0.1) is 0 Å². The standard InChI is InChI=1S/C13H18FN3O/c1-17(11-3-2-4-11)8-10-7-9(13(18)16-15)5-6-12(10)14/h5-7,11H,2-4,8,15H2,1H3,(H,16,18). The number of nitrogens with zero attached hydrogens (tertiary/aromatic N) is 1. The molecule has 0 aromatic heterocycles. The number of hydrogen-bond acceptors (Lipinski definition) is 3. The Balaban J connectivity index is 2.12. The number of hydrogen-bond donors (Lipinski definition) is 2. The summed E-state index contributed by atoms with van der Waals surface area (Å²) in [4.78, 5) is 13.5. The third-order valence-electron chi connectivity index (χ3n) is 3.56. The number of nitrogens with two attached hydrogens (primary N) is 1. The number of carbonyl (C=O) groups excluding carboxylic acids is 1. The first-order chi connectivity index (χ1) is 8.61. The van der Waals surface area contributed by atoms with Crippen LogP contribution in [0.5, 0.6) is 0 Å². The zero-order valence-corrected chi connectivity index (χ0v) is 10.4. The van der Waals surface area contributed by atoms with Crippen LogP contribution < -0.4 is 11.3 Å². The summed E-state index contributed by atoms with van der Waals surface area (Å²) in [5.41, 5.74) is 2.97. The lowest BCUT2D eigenvalue weighted by Crippen LogP contribution is -2.36. The maximum atomic E-state index is 13.7. The Morgan fingerprint density at radius 3 is 2.83 bits per heavy atom. The largest absolute Gasteiger partial charge is 0.299 e. The van der Waals surface area contributed by atoms with E-state index in [0.29, 0.717) is 23.7 Å². The van der Waals surface area contributed by atoms with Crippen molar-refractivity contribution in [3.8, 4) is 0 Å². The topological polar surface area (TPSA) is 58.4 Å². The third kappa shape index (κ3) is 2.68. The molecule has 5 heteroatoms. The molecule has 0 aliphatic heterocycles. The first kappa shape index (κ1) is 13.0. The molecule has 4 nitrogen and oxygen atoms in total. The second kappa shape index (κ2) is 5.46. The summed E-state index contributed by atoms with van der Waals surface area (Å²) in [5.74, 6) is 4.39. The highest BCUT2D eigenvalue weighted by Gasteiger charge is 2.22. The third-order valence-corrected chi connectivity index (χ3v) is 3.56. The molecule has 18 heavy (non-hydrogen) atoms. The van der Waals surface area contributed by atoms with Crippen LogP contribution in [0.1, 0.15) is 35.2 Å². The maximum Gasteiger partial charge on any atom is 0.265 e. The molecular formula is C13H18FN3O.